The van der Waals surface area contributed by atoms with E-state index in [1.807, 2.05) is 13.0 Å². The summed E-state index contributed by atoms with van der Waals surface area (Å²) in [4.78, 5) is 42.0. The third-order valence-electron chi connectivity index (χ3n) is 3.65. The fourth-order valence-electron chi connectivity index (χ4n) is 2.50. The van der Waals surface area contributed by atoms with E-state index in [0.29, 0.717) is 26.7 Å². The van der Waals surface area contributed by atoms with Crippen molar-refractivity contribution in [1.29, 1.82) is 0 Å². The van der Waals surface area contributed by atoms with Crippen LogP contribution in [-0.2, 0) is 16.6 Å². The highest BCUT2D eigenvalue weighted by molar-refractivity contribution is 7.99. The normalized spacial score (nSPS) is 10.8. The molecule has 2 heterocycles. The topological polar surface area (TPSA) is 93.1 Å². The number of nitrogens with zero attached hydrogens (tertiary/aromatic N) is 2. The largest absolute Gasteiger partial charge is 0.326 e. The van der Waals surface area contributed by atoms with Gasteiger partial charge in [-0.3, -0.25) is 19.0 Å². The van der Waals surface area contributed by atoms with Crippen LogP contribution in [0.2, 0.25) is 0 Å². The van der Waals surface area contributed by atoms with Crippen molar-refractivity contribution in [2.24, 2.45) is 7.05 Å². The second-order valence-corrected chi connectivity index (χ2v) is 8.11. The lowest BCUT2D eigenvalue weighted by Crippen LogP contribution is -2.20. The Morgan fingerprint density at radius 2 is 1.93 bits per heavy atom. The molecule has 7 nitrogen and oxygen atoms in total. The average Bonchev–Trinajstić information content (AvgIpc) is 2.97. The summed E-state index contributed by atoms with van der Waals surface area (Å²) < 4.78 is 1.46. The fraction of sp³-hybridized carbons (Fsp3) is 0.222. The van der Waals surface area contributed by atoms with Gasteiger partial charge in [0.2, 0.25) is 11.8 Å². The third-order valence-corrected chi connectivity index (χ3v) is 5.63. The molecule has 1 aromatic carbocycles. The zero-order valence-electron chi connectivity index (χ0n) is 15.0. The lowest BCUT2D eigenvalue weighted by Gasteiger charge is -2.09. The van der Waals surface area contributed by atoms with E-state index in [9.17, 15) is 14.4 Å². The zero-order valence-corrected chi connectivity index (χ0v) is 16.7. The first-order chi connectivity index (χ1) is 12.8. The Morgan fingerprint density at radius 1 is 1.22 bits per heavy atom. The monoisotopic (exact) mass is 402 g/mol. The van der Waals surface area contributed by atoms with Crippen LogP contribution in [0.15, 0.2) is 40.3 Å². The molecule has 9 heteroatoms. The van der Waals surface area contributed by atoms with Crippen molar-refractivity contribution in [2.45, 2.75) is 19.0 Å². The molecular weight excluding hydrogens is 384 g/mol. The van der Waals surface area contributed by atoms with Gasteiger partial charge in [-0.1, -0.05) is 17.8 Å². The number of hydrogen-bond acceptors (Lipinski definition) is 6. The average molecular weight is 403 g/mol. The number of carbonyl (C=O) groups excluding carboxylic acids is 2. The second kappa shape index (κ2) is 7.93. The smallest absolute Gasteiger partial charge is 0.262 e. The molecule has 0 fully saturated rings. The maximum Gasteiger partial charge on any atom is 0.262 e. The van der Waals surface area contributed by atoms with Crippen LogP contribution in [0, 0.1) is 6.92 Å². The molecule has 0 bridgehead atoms. The molecule has 0 aliphatic rings. The van der Waals surface area contributed by atoms with E-state index in [2.05, 4.69) is 15.6 Å². The zero-order chi connectivity index (χ0) is 19.6. The molecule has 27 heavy (non-hydrogen) atoms. The minimum atomic E-state index is -0.225. The summed E-state index contributed by atoms with van der Waals surface area (Å²) in [7, 11) is 1.65. The third kappa shape index (κ3) is 4.55. The van der Waals surface area contributed by atoms with E-state index in [-0.39, 0.29) is 23.1 Å². The van der Waals surface area contributed by atoms with Gasteiger partial charge in [0, 0.05) is 30.2 Å². The number of hydrogen-bond donors (Lipinski definition) is 2. The number of carbonyl (C=O) groups is 2. The molecule has 2 amide bonds. The van der Waals surface area contributed by atoms with E-state index < -0.39 is 0 Å². The first-order valence-corrected chi connectivity index (χ1v) is 9.91. The number of benzene rings is 1. The molecule has 0 aliphatic heterocycles. The van der Waals surface area contributed by atoms with Gasteiger partial charge in [0.05, 0.1) is 11.1 Å². The number of rotatable bonds is 5. The number of thioether (sulfide) groups is 1. The van der Waals surface area contributed by atoms with Crippen LogP contribution in [0.1, 0.15) is 11.8 Å². The standard InChI is InChI=1S/C18H18N4O3S2/c1-10-7-14-16(27-10)21-18(22(3)17(14)25)26-9-15(24)20-13-6-4-5-12(8-13)19-11(2)23/h4-8H,9H2,1-3H3,(H,19,23)(H,20,24). The van der Waals surface area contributed by atoms with Gasteiger partial charge in [0.1, 0.15) is 4.83 Å². The first-order valence-electron chi connectivity index (χ1n) is 8.11. The van der Waals surface area contributed by atoms with Gasteiger partial charge in [-0.2, -0.15) is 0 Å². The van der Waals surface area contributed by atoms with Crippen LogP contribution < -0.4 is 16.2 Å². The van der Waals surface area contributed by atoms with Crippen molar-refractivity contribution >= 4 is 56.5 Å². The summed E-state index contributed by atoms with van der Waals surface area (Å²) in [5.74, 6) is -0.294. The van der Waals surface area contributed by atoms with E-state index in [4.69, 9.17) is 0 Å². The van der Waals surface area contributed by atoms with Gasteiger partial charge in [-0.25, -0.2) is 4.98 Å². The number of aromatic nitrogens is 2. The van der Waals surface area contributed by atoms with Crippen LogP contribution in [0.25, 0.3) is 10.2 Å². The van der Waals surface area contributed by atoms with Crippen LogP contribution in [0.5, 0.6) is 0 Å². The van der Waals surface area contributed by atoms with Gasteiger partial charge in [-0.15, -0.1) is 11.3 Å². The minimum absolute atomic E-state index is 0.112. The van der Waals surface area contributed by atoms with Gasteiger partial charge in [-0.05, 0) is 31.2 Å². The summed E-state index contributed by atoms with van der Waals surface area (Å²) in [6.45, 7) is 3.35. The van der Waals surface area contributed by atoms with E-state index in [1.54, 1.807) is 31.3 Å². The van der Waals surface area contributed by atoms with Gasteiger partial charge < -0.3 is 10.6 Å². The molecule has 0 unspecified atom stereocenters. The van der Waals surface area contributed by atoms with Gasteiger partial charge in [0.15, 0.2) is 5.16 Å². The van der Waals surface area contributed by atoms with Crippen LogP contribution in [-0.4, -0.2) is 27.1 Å². The molecule has 0 saturated carbocycles. The predicted octanol–water partition coefficient (Wildman–Crippen LogP) is 2.99. The highest BCUT2D eigenvalue weighted by Gasteiger charge is 2.13. The van der Waals surface area contributed by atoms with Crippen LogP contribution in [0.3, 0.4) is 0 Å². The summed E-state index contributed by atoms with van der Waals surface area (Å²) in [6.07, 6.45) is 0. The maximum absolute atomic E-state index is 12.4. The molecule has 2 aromatic heterocycles. The Kier molecular flexibility index (Phi) is 5.62. The van der Waals surface area contributed by atoms with E-state index >= 15 is 0 Å². The molecular formula is C18H18N4O3S2. The Labute approximate surface area is 163 Å². The van der Waals surface area contributed by atoms with Crippen molar-refractivity contribution < 1.29 is 9.59 Å². The van der Waals surface area contributed by atoms with Gasteiger partial charge in [0.25, 0.3) is 5.56 Å². The SMILES string of the molecule is CC(=O)Nc1cccc(NC(=O)CSc2nc3sc(C)cc3c(=O)n2C)c1. The van der Waals surface area contributed by atoms with Crippen molar-refractivity contribution in [3.8, 4) is 0 Å². The lowest BCUT2D eigenvalue weighted by molar-refractivity contribution is -0.114. The molecule has 3 aromatic rings. The first kappa shape index (κ1) is 19.1. The Morgan fingerprint density at radius 3 is 2.63 bits per heavy atom. The Balaban J connectivity index is 1.69. The second-order valence-electron chi connectivity index (χ2n) is 5.93. The fourth-order valence-corrected chi connectivity index (χ4v) is 4.19. The highest BCUT2D eigenvalue weighted by Crippen LogP contribution is 2.24. The number of fused-ring (bicyclic) bond motifs is 1. The molecule has 0 radical (unpaired) electrons. The Hall–Kier alpha value is -2.65. The van der Waals surface area contributed by atoms with E-state index in [0.717, 1.165) is 4.88 Å². The quantitative estimate of drug-likeness (QED) is 0.506. The number of anilines is 2. The van der Waals surface area contributed by atoms with E-state index in [1.165, 1.54) is 34.6 Å². The number of nitrogens with one attached hydrogen (secondary N) is 2. The van der Waals surface area contributed by atoms with Crippen LogP contribution in [0.4, 0.5) is 11.4 Å². The van der Waals surface area contributed by atoms with Crippen molar-refractivity contribution in [3.63, 3.8) is 0 Å². The molecule has 0 aliphatic carbocycles. The highest BCUT2D eigenvalue weighted by atomic mass is 32.2. The number of amides is 2. The summed E-state index contributed by atoms with van der Waals surface area (Å²) in [5.41, 5.74) is 1.07. The molecule has 2 N–H and O–H groups in total. The summed E-state index contributed by atoms with van der Waals surface area (Å²) in [6, 6.07) is 8.73. The molecule has 0 saturated heterocycles. The molecule has 3 rings (SSSR count). The summed E-state index contributed by atoms with van der Waals surface area (Å²) >= 11 is 2.66. The van der Waals surface area contributed by atoms with Crippen molar-refractivity contribution in [2.75, 3.05) is 16.4 Å². The van der Waals surface area contributed by atoms with Gasteiger partial charge >= 0.3 is 0 Å². The summed E-state index contributed by atoms with van der Waals surface area (Å²) in [5, 5.41) is 6.54. The number of aryl methyl sites for hydroxylation is 1. The molecule has 140 valence electrons. The van der Waals surface area contributed by atoms with Crippen molar-refractivity contribution in [1.82, 2.24) is 9.55 Å². The predicted molar refractivity (Wildman–Crippen MR) is 110 cm³/mol. The molecule has 0 atom stereocenters. The number of thiophene rings is 1. The minimum Gasteiger partial charge on any atom is -0.326 e. The maximum atomic E-state index is 12.4. The molecule has 0 spiro atoms. The lowest BCUT2D eigenvalue weighted by atomic mass is 10.2. The Bertz CT molecular complexity index is 1090. The van der Waals surface area contributed by atoms with Crippen molar-refractivity contribution in [3.05, 3.63) is 45.6 Å². The van der Waals surface area contributed by atoms with Crippen LogP contribution >= 0.6 is 23.1 Å².